The number of piperazine rings is 1. The van der Waals surface area contributed by atoms with Crippen LogP contribution >= 0.6 is 11.6 Å². The molecular formula is C38H43ClF2N8O2. The van der Waals surface area contributed by atoms with E-state index in [-0.39, 0.29) is 37.0 Å². The molecule has 0 aliphatic carbocycles. The number of hydrogen-bond acceptors (Lipinski definition) is 9. The van der Waals surface area contributed by atoms with Crippen molar-refractivity contribution in [2.45, 2.75) is 62.6 Å². The number of rotatable bonds is 9. The number of carbonyl (C=O) groups is 1. The van der Waals surface area contributed by atoms with E-state index in [0.717, 1.165) is 66.0 Å². The zero-order valence-corrected chi connectivity index (χ0v) is 29.5. The Morgan fingerprint density at radius 1 is 1.04 bits per heavy atom. The highest BCUT2D eigenvalue weighted by molar-refractivity contribution is 6.36. The van der Waals surface area contributed by atoms with Crippen LogP contribution in [0, 0.1) is 11.3 Å². The number of amides is 1. The number of aromatic nitrogens is 2. The quantitative estimate of drug-likeness (QED) is 0.274. The van der Waals surface area contributed by atoms with Crippen LogP contribution in [0.5, 0.6) is 6.01 Å². The van der Waals surface area contributed by atoms with Crippen LogP contribution in [-0.2, 0) is 17.8 Å². The molecule has 6 heterocycles. The third kappa shape index (κ3) is 6.72. The van der Waals surface area contributed by atoms with Gasteiger partial charge in [0.05, 0.1) is 54.4 Å². The fourth-order valence-corrected chi connectivity index (χ4v) is 9.15. The second kappa shape index (κ2) is 13.8. The number of alkyl halides is 2. The molecule has 0 radical (unpaired) electrons. The van der Waals surface area contributed by atoms with Crippen molar-refractivity contribution < 1.29 is 18.3 Å². The Morgan fingerprint density at radius 3 is 2.59 bits per heavy atom. The van der Waals surface area contributed by atoms with E-state index >= 15 is 0 Å². The first kappa shape index (κ1) is 34.1. The second-order valence-electron chi connectivity index (χ2n) is 14.7. The summed E-state index contributed by atoms with van der Waals surface area (Å²) in [6.45, 7) is 5.17. The van der Waals surface area contributed by atoms with Gasteiger partial charge in [0.2, 0.25) is 5.91 Å². The van der Waals surface area contributed by atoms with E-state index in [1.54, 1.807) is 15.9 Å². The van der Waals surface area contributed by atoms with Crippen molar-refractivity contribution in [2.24, 2.45) is 0 Å². The average molecular weight is 717 g/mol. The highest BCUT2D eigenvalue weighted by Gasteiger charge is 2.45. The monoisotopic (exact) mass is 716 g/mol. The predicted octanol–water partition coefficient (Wildman–Crippen LogP) is 5.29. The van der Waals surface area contributed by atoms with Crippen LogP contribution < -0.4 is 14.5 Å². The Bertz CT molecular complexity index is 1860. The van der Waals surface area contributed by atoms with Gasteiger partial charge in [0.1, 0.15) is 12.4 Å². The van der Waals surface area contributed by atoms with Crippen LogP contribution in [0.2, 0.25) is 5.02 Å². The average Bonchev–Trinajstić information content (AvgIpc) is 3.70. The molecule has 2 aromatic carbocycles. The fraction of sp³-hybridized carbons (Fsp3) is 0.526. The standard InChI is InChI=1S/C38H43ClF2N8O2/c39-30-8-1-6-27-7-2-9-32(34(27)30)46-19-12-29-31(23-46)43-36(51-26-37-13-4-17-48(37)18-5-14-37)44-35(29)47-20-21-49(28(22-47)11-15-42)33(50)10-3-16-45-24-38(40,41)25-45/h1-3,6-10,28H,4-5,11-14,16-26H2/b10-3+/t28-/m0/s1. The van der Waals surface area contributed by atoms with Gasteiger partial charge in [0, 0.05) is 55.4 Å². The van der Waals surface area contributed by atoms with Gasteiger partial charge < -0.3 is 19.4 Å². The molecule has 5 aliphatic heterocycles. The molecule has 1 aromatic heterocycles. The molecule has 13 heteroatoms. The third-order valence-corrected chi connectivity index (χ3v) is 11.7. The van der Waals surface area contributed by atoms with Gasteiger partial charge in [-0.1, -0.05) is 41.9 Å². The number of halogens is 3. The van der Waals surface area contributed by atoms with Crippen molar-refractivity contribution in [3.8, 4) is 12.1 Å². The van der Waals surface area contributed by atoms with Crippen molar-refractivity contribution in [2.75, 3.05) is 75.3 Å². The van der Waals surface area contributed by atoms with Crippen LogP contribution in [-0.4, -0.2) is 114 Å². The maximum atomic E-state index is 13.3. The first-order valence-corrected chi connectivity index (χ1v) is 18.5. The maximum Gasteiger partial charge on any atom is 0.318 e. The molecule has 0 unspecified atom stereocenters. The van der Waals surface area contributed by atoms with Crippen LogP contribution in [0.4, 0.5) is 20.3 Å². The van der Waals surface area contributed by atoms with E-state index in [1.165, 1.54) is 18.9 Å². The molecular weight excluding hydrogens is 674 g/mol. The fourth-order valence-electron chi connectivity index (χ4n) is 8.87. The van der Waals surface area contributed by atoms with E-state index in [9.17, 15) is 18.8 Å². The molecule has 4 fully saturated rings. The van der Waals surface area contributed by atoms with Gasteiger partial charge in [0.15, 0.2) is 0 Å². The second-order valence-corrected chi connectivity index (χ2v) is 15.1. The van der Waals surface area contributed by atoms with Crippen molar-refractivity contribution >= 4 is 39.8 Å². The Hall–Kier alpha value is -4.05. The summed E-state index contributed by atoms with van der Waals surface area (Å²) in [5, 5.41) is 12.6. The highest BCUT2D eigenvalue weighted by Crippen LogP contribution is 2.40. The Labute approximate surface area is 302 Å². The summed E-state index contributed by atoms with van der Waals surface area (Å²) in [5.41, 5.74) is 3.08. The molecule has 3 aromatic rings. The smallest absolute Gasteiger partial charge is 0.318 e. The minimum atomic E-state index is -2.65. The van der Waals surface area contributed by atoms with Gasteiger partial charge >= 0.3 is 6.01 Å². The predicted molar refractivity (Wildman–Crippen MR) is 192 cm³/mol. The lowest BCUT2D eigenvalue weighted by Gasteiger charge is -2.42. The van der Waals surface area contributed by atoms with Crippen molar-refractivity contribution in [1.29, 1.82) is 5.26 Å². The van der Waals surface area contributed by atoms with E-state index < -0.39 is 5.92 Å². The van der Waals surface area contributed by atoms with Crippen molar-refractivity contribution in [3.05, 3.63) is 64.8 Å². The van der Waals surface area contributed by atoms with E-state index in [4.69, 9.17) is 26.3 Å². The summed E-state index contributed by atoms with van der Waals surface area (Å²) in [5.74, 6) is -2.05. The molecule has 1 amide bonds. The summed E-state index contributed by atoms with van der Waals surface area (Å²) in [7, 11) is 0. The molecule has 0 bridgehead atoms. The molecule has 0 saturated carbocycles. The summed E-state index contributed by atoms with van der Waals surface area (Å²) >= 11 is 6.75. The lowest BCUT2D eigenvalue weighted by atomic mass is 9.95. The molecule has 0 N–H and O–H groups in total. The van der Waals surface area contributed by atoms with Gasteiger partial charge in [-0.3, -0.25) is 14.6 Å². The number of nitrogens with zero attached hydrogens (tertiary/aromatic N) is 8. The molecule has 10 nitrogen and oxygen atoms in total. The molecule has 4 saturated heterocycles. The molecule has 8 rings (SSSR count). The van der Waals surface area contributed by atoms with E-state index in [2.05, 4.69) is 45.0 Å². The van der Waals surface area contributed by atoms with Gasteiger partial charge in [-0.05, 0) is 62.7 Å². The summed E-state index contributed by atoms with van der Waals surface area (Å²) < 4.78 is 33.0. The Balaban J connectivity index is 1.06. The largest absolute Gasteiger partial charge is 0.461 e. The van der Waals surface area contributed by atoms with Gasteiger partial charge in [0.25, 0.3) is 5.92 Å². The van der Waals surface area contributed by atoms with Crippen LogP contribution in [0.15, 0.2) is 48.6 Å². The number of hydrogen-bond donors (Lipinski definition) is 0. The first-order chi connectivity index (χ1) is 24.7. The SMILES string of the molecule is N#CC[C@H]1CN(c2nc(OCC34CCCN3CCC4)nc3c2CCN(c2cccc4cccc(Cl)c24)C3)CCN1C(=O)/C=C/CN1CC(F)(F)C1. The van der Waals surface area contributed by atoms with Crippen LogP contribution in [0.25, 0.3) is 10.8 Å². The van der Waals surface area contributed by atoms with Crippen LogP contribution in [0.1, 0.15) is 43.4 Å². The van der Waals surface area contributed by atoms with E-state index in [0.29, 0.717) is 56.8 Å². The van der Waals surface area contributed by atoms with Crippen LogP contribution in [0.3, 0.4) is 0 Å². The number of carbonyl (C=O) groups excluding carboxylic acids is 1. The third-order valence-electron chi connectivity index (χ3n) is 11.4. The number of likely N-dealkylation sites (tertiary alicyclic amines) is 1. The zero-order valence-electron chi connectivity index (χ0n) is 28.7. The Kier molecular flexibility index (Phi) is 9.23. The molecule has 0 spiro atoms. The highest BCUT2D eigenvalue weighted by atomic mass is 35.5. The molecule has 51 heavy (non-hydrogen) atoms. The van der Waals surface area contributed by atoms with Gasteiger partial charge in [-0.25, -0.2) is 8.78 Å². The van der Waals surface area contributed by atoms with Crippen molar-refractivity contribution in [3.63, 3.8) is 0 Å². The topological polar surface area (TPSA) is 92.1 Å². The molecule has 5 aliphatic rings. The number of nitriles is 1. The van der Waals surface area contributed by atoms with Gasteiger partial charge in [-0.2, -0.15) is 15.2 Å². The van der Waals surface area contributed by atoms with Gasteiger partial charge in [-0.15, -0.1) is 0 Å². The number of fused-ring (bicyclic) bond motifs is 3. The van der Waals surface area contributed by atoms with E-state index in [1.807, 2.05) is 12.1 Å². The van der Waals surface area contributed by atoms with Crippen molar-refractivity contribution in [1.82, 2.24) is 24.7 Å². The summed E-state index contributed by atoms with van der Waals surface area (Å²) in [4.78, 5) is 33.8. The number of ether oxygens (including phenoxy) is 1. The number of benzene rings is 2. The Morgan fingerprint density at radius 2 is 1.82 bits per heavy atom. The molecule has 268 valence electrons. The number of anilines is 2. The summed E-state index contributed by atoms with van der Waals surface area (Å²) in [6.07, 6.45) is 8.56. The lowest BCUT2D eigenvalue weighted by molar-refractivity contribution is -0.128. The summed E-state index contributed by atoms with van der Waals surface area (Å²) in [6, 6.07) is 14.5. The molecule has 1 atom stereocenters. The maximum absolute atomic E-state index is 13.3. The minimum absolute atomic E-state index is 0.0408. The first-order valence-electron chi connectivity index (χ1n) is 18.1. The zero-order chi connectivity index (χ0) is 35.2. The minimum Gasteiger partial charge on any atom is -0.461 e. The normalized spacial score (nSPS) is 22.9. The lowest BCUT2D eigenvalue weighted by Crippen LogP contribution is -2.56.